The lowest BCUT2D eigenvalue weighted by Gasteiger charge is -2.09. The van der Waals surface area contributed by atoms with Crippen molar-refractivity contribution in [2.24, 2.45) is 0 Å². The van der Waals surface area contributed by atoms with Crippen LogP contribution >= 0.6 is 0 Å². The van der Waals surface area contributed by atoms with Gasteiger partial charge >= 0.3 is 12.1 Å². The minimum Gasteiger partial charge on any atom is -0.460 e. The summed E-state index contributed by atoms with van der Waals surface area (Å²) >= 11 is 0. The average molecular weight is 377 g/mol. The molecule has 0 aliphatic heterocycles. The van der Waals surface area contributed by atoms with E-state index in [1.807, 2.05) is 0 Å². The Kier molecular flexibility index (Phi) is 4.89. The fourth-order valence-corrected chi connectivity index (χ4v) is 2.53. The van der Waals surface area contributed by atoms with Crippen molar-refractivity contribution in [3.05, 3.63) is 65.4 Å². The van der Waals surface area contributed by atoms with Crippen molar-refractivity contribution in [3.63, 3.8) is 0 Å². The lowest BCUT2D eigenvalue weighted by Crippen LogP contribution is -2.16. The molecule has 3 aromatic rings. The molecule has 0 fully saturated rings. The fourth-order valence-electron chi connectivity index (χ4n) is 2.53. The quantitative estimate of drug-likeness (QED) is 0.658. The second kappa shape index (κ2) is 7.14. The Balaban J connectivity index is 2.00. The van der Waals surface area contributed by atoms with Gasteiger partial charge in [0.25, 0.3) is 5.91 Å². The van der Waals surface area contributed by atoms with Gasteiger partial charge in [0.1, 0.15) is 11.3 Å². The maximum atomic E-state index is 12.9. The van der Waals surface area contributed by atoms with Gasteiger partial charge < -0.3 is 14.5 Å². The Bertz CT molecular complexity index is 1010. The topological polar surface area (TPSA) is 68.5 Å². The van der Waals surface area contributed by atoms with Gasteiger partial charge in [-0.2, -0.15) is 13.2 Å². The number of carbonyl (C=O) groups excluding carboxylic acids is 2. The molecule has 5 nitrogen and oxygen atoms in total. The molecule has 140 valence electrons. The number of furan rings is 1. The summed E-state index contributed by atoms with van der Waals surface area (Å²) in [6.07, 6.45) is -4.57. The molecule has 0 bridgehead atoms. The molecular formula is C19H14F3NO4. The second-order valence-corrected chi connectivity index (χ2v) is 5.56. The predicted octanol–water partition coefficient (Wildman–Crippen LogP) is 4.88. The van der Waals surface area contributed by atoms with Crippen LogP contribution in [0, 0.1) is 0 Å². The van der Waals surface area contributed by atoms with E-state index in [1.54, 1.807) is 31.2 Å². The Labute approximate surface area is 151 Å². The summed E-state index contributed by atoms with van der Waals surface area (Å²) in [5.74, 6) is -1.82. The van der Waals surface area contributed by atoms with E-state index in [2.05, 4.69) is 5.32 Å². The van der Waals surface area contributed by atoms with Gasteiger partial charge in [0, 0.05) is 10.9 Å². The zero-order valence-corrected chi connectivity index (χ0v) is 14.1. The molecule has 1 aromatic heterocycles. The summed E-state index contributed by atoms with van der Waals surface area (Å²) in [6.45, 7) is 1.71. The zero-order valence-electron chi connectivity index (χ0n) is 14.1. The number of alkyl halides is 3. The van der Waals surface area contributed by atoms with Gasteiger partial charge in [-0.05, 0) is 37.3 Å². The van der Waals surface area contributed by atoms with Gasteiger partial charge in [0.15, 0.2) is 0 Å². The summed E-state index contributed by atoms with van der Waals surface area (Å²) in [4.78, 5) is 24.6. The van der Waals surface area contributed by atoms with Gasteiger partial charge in [-0.15, -0.1) is 0 Å². The van der Waals surface area contributed by atoms with Crippen molar-refractivity contribution < 1.29 is 31.9 Å². The van der Waals surface area contributed by atoms with Crippen LogP contribution < -0.4 is 5.32 Å². The van der Waals surface area contributed by atoms with Gasteiger partial charge in [0.2, 0.25) is 5.76 Å². The molecule has 0 atom stereocenters. The average Bonchev–Trinajstić information content (AvgIpc) is 3.00. The van der Waals surface area contributed by atoms with Crippen LogP contribution in [0.15, 0.2) is 52.9 Å². The highest BCUT2D eigenvalue weighted by atomic mass is 19.4. The molecule has 0 aliphatic carbocycles. The number of para-hydroxylation sites is 1. The van der Waals surface area contributed by atoms with E-state index < -0.39 is 23.6 Å². The second-order valence-electron chi connectivity index (χ2n) is 5.56. The molecule has 2 aromatic carbocycles. The molecule has 1 heterocycles. The number of carbonyl (C=O) groups is 2. The Morgan fingerprint density at radius 1 is 1.11 bits per heavy atom. The van der Waals surface area contributed by atoms with Crippen molar-refractivity contribution in [2.45, 2.75) is 13.1 Å². The third-order valence-corrected chi connectivity index (χ3v) is 3.75. The lowest BCUT2D eigenvalue weighted by atomic mass is 10.1. The molecule has 1 N–H and O–H groups in total. The fraction of sp³-hybridized carbons (Fsp3) is 0.158. The van der Waals surface area contributed by atoms with Crippen LogP contribution in [0.5, 0.6) is 0 Å². The smallest absolute Gasteiger partial charge is 0.416 e. The summed E-state index contributed by atoms with van der Waals surface area (Å²) in [5, 5.41) is 2.90. The molecule has 0 aliphatic rings. The first-order chi connectivity index (χ1) is 12.8. The van der Waals surface area contributed by atoms with Crippen LogP contribution in [0.4, 0.5) is 18.9 Å². The van der Waals surface area contributed by atoms with Crippen molar-refractivity contribution in [3.8, 4) is 0 Å². The molecular weight excluding hydrogens is 363 g/mol. The van der Waals surface area contributed by atoms with Crippen LogP contribution in [0.1, 0.15) is 33.4 Å². The van der Waals surface area contributed by atoms with Gasteiger partial charge in [-0.1, -0.05) is 18.2 Å². The van der Waals surface area contributed by atoms with Gasteiger partial charge in [-0.3, -0.25) is 4.79 Å². The number of ether oxygens (including phenoxy) is 1. The van der Waals surface area contributed by atoms with Crippen LogP contribution in [-0.2, 0) is 10.9 Å². The van der Waals surface area contributed by atoms with E-state index >= 15 is 0 Å². The van der Waals surface area contributed by atoms with Crippen LogP contribution in [0.2, 0.25) is 0 Å². The van der Waals surface area contributed by atoms with E-state index in [9.17, 15) is 22.8 Å². The van der Waals surface area contributed by atoms with Crippen LogP contribution in [-0.4, -0.2) is 18.5 Å². The largest absolute Gasteiger partial charge is 0.460 e. The highest BCUT2D eigenvalue weighted by Crippen LogP contribution is 2.33. The number of nitrogens with one attached hydrogen (secondary N) is 1. The number of hydrogen-bond donors (Lipinski definition) is 1. The molecule has 8 heteroatoms. The Morgan fingerprint density at radius 3 is 2.56 bits per heavy atom. The zero-order chi connectivity index (χ0) is 19.6. The number of rotatable bonds is 4. The standard InChI is InChI=1S/C19H14F3NO4/c1-2-26-18(25)16-15(13-8-3-4-9-14(13)27-16)23-17(24)11-6-5-7-12(10-11)19(20,21)22/h3-10H,2H2,1H3,(H,23,24). The van der Waals surface area contributed by atoms with Crippen LogP contribution in [0.25, 0.3) is 11.0 Å². The molecule has 3 rings (SSSR count). The minimum absolute atomic E-state index is 0.0476. The summed E-state index contributed by atoms with van der Waals surface area (Å²) in [6, 6.07) is 10.6. The number of halogens is 3. The van der Waals surface area contributed by atoms with E-state index in [1.165, 1.54) is 6.07 Å². The summed E-state index contributed by atoms with van der Waals surface area (Å²) in [7, 11) is 0. The highest BCUT2D eigenvalue weighted by molar-refractivity contribution is 6.13. The number of hydrogen-bond acceptors (Lipinski definition) is 4. The molecule has 27 heavy (non-hydrogen) atoms. The van der Waals surface area contributed by atoms with Crippen molar-refractivity contribution in [2.75, 3.05) is 11.9 Å². The maximum Gasteiger partial charge on any atom is 0.416 e. The van der Waals surface area contributed by atoms with E-state index in [-0.39, 0.29) is 23.6 Å². The number of anilines is 1. The molecule has 1 amide bonds. The first-order valence-electron chi connectivity index (χ1n) is 7.98. The number of esters is 1. The third-order valence-electron chi connectivity index (χ3n) is 3.75. The van der Waals surface area contributed by atoms with Gasteiger partial charge in [0.05, 0.1) is 12.2 Å². The van der Waals surface area contributed by atoms with Crippen molar-refractivity contribution in [1.82, 2.24) is 0 Å². The maximum absolute atomic E-state index is 12.9. The number of benzene rings is 2. The Hall–Kier alpha value is -3.29. The highest BCUT2D eigenvalue weighted by Gasteiger charge is 2.31. The van der Waals surface area contributed by atoms with Gasteiger partial charge in [-0.25, -0.2) is 4.79 Å². The Morgan fingerprint density at radius 2 is 1.85 bits per heavy atom. The normalized spacial score (nSPS) is 11.4. The van der Waals surface area contributed by atoms with Crippen LogP contribution in [0.3, 0.4) is 0 Å². The first kappa shape index (κ1) is 18.5. The molecule has 0 spiro atoms. The molecule has 0 radical (unpaired) electrons. The summed E-state index contributed by atoms with van der Waals surface area (Å²) in [5.41, 5.74) is -0.769. The predicted molar refractivity (Wildman–Crippen MR) is 91.6 cm³/mol. The van der Waals surface area contributed by atoms with E-state index in [4.69, 9.17) is 9.15 Å². The third kappa shape index (κ3) is 3.79. The minimum atomic E-state index is -4.57. The molecule has 0 saturated carbocycles. The molecule has 0 unspecified atom stereocenters. The number of fused-ring (bicyclic) bond motifs is 1. The summed E-state index contributed by atoms with van der Waals surface area (Å²) < 4.78 is 49.0. The number of amides is 1. The first-order valence-corrected chi connectivity index (χ1v) is 7.98. The molecule has 0 saturated heterocycles. The van der Waals surface area contributed by atoms with Crippen molar-refractivity contribution >= 4 is 28.5 Å². The van der Waals surface area contributed by atoms with E-state index in [0.29, 0.717) is 11.0 Å². The SMILES string of the molecule is CCOC(=O)c1oc2ccccc2c1NC(=O)c1cccc(C(F)(F)F)c1. The lowest BCUT2D eigenvalue weighted by molar-refractivity contribution is -0.137. The van der Waals surface area contributed by atoms with Crippen molar-refractivity contribution in [1.29, 1.82) is 0 Å². The monoisotopic (exact) mass is 377 g/mol. The van der Waals surface area contributed by atoms with E-state index in [0.717, 1.165) is 18.2 Å².